The largest absolute Gasteiger partial charge is 0.492 e. The van der Waals surface area contributed by atoms with Crippen LogP contribution >= 0.6 is 0 Å². The Morgan fingerprint density at radius 1 is 1.20 bits per heavy atom. The third-order valence-corrected chi connectivity index (χ3v) is 3.35. The SMILES string of the molecule is CCCCOc1c(CCC)c(=O)oc2ccc(C)cc12. The summed E-state index contributed by atoms with van der Waals surface area (Å²) in [5, 5.41) is 0.907. The Kier molecular flexibility index (Phi) is 4.83. The van der Waals surface area contributed by atoms with Crippen molar-refractivity contribution in [3.05, 3.63) is 39.7 Å². The van der Waals surface area contributed by atoms with E-state index in [2.05, 4.69) is 13.8 Å². The predicted molar refractivity (Wildman–Crippen MR) is 81.6 cm³/mol. The molecule has 0 atom stereocenters. The van der Waals surface area contributed by atoms with Gasteiger partial charge in [-0.1, -0.05) is 38.3 Å². The molecule has 0 amide bonds. The van der Waals surface area contributed by atoms with Gasteiger partial charge in [-0.05, 0) is 31.9 Å². The first-order chi connectivity index (χ1) is 9.67. The number of ether oxygens (including phenoxy) is 1. The first-order valence-electron chi connectivity index (χ1n) is 7.36. The third-order valence-electron chi connectivity index (χ3n) is 3.35. The van der Waals surface area contributed by atoms with Gasteiger partial charge in [-0.25, -0.2) is 4.79 Å². The fourth-order valence-electron chi connectivity index (χ4n) is 2.28. The van der Waals surface area contributed by atoms with Crippen LogP contribution in [0.2, 0.25) is 0 Å². The zero-order valence-corrected chi connectivity index (χ0v) is 12.5. The molecule has 1 aromatic carbocycles. The van der Waals surface area contributed by atoms with Gasteiger partial charge in [0.1, 0.15) is 11.3 Å². The Balaban J connectivity index is 2.58. The van der Waals surface area contributed by atoms with Gasteiger partial charge in [0.2, 0.25) is 0 Å². The summed E-state index contributed by atoms with van der Waals surface area (Å²) in [4.78, 5) is 12.1. The van der Waals surface area contributed by atoms with Gasteiger partial charge >= 0.3 is 5.63 Å². The van der Waals surface area contributed by atoms with E-state index < -0.39 is 0 Å². The molecule has 3 nitrogen and oxygen atoms in total. The smallest absolute Gasteiger partial charge is 0.343 e. The Morgan fingerprint density at radius 3 is 2.70 bits per heavy atom. The fourth-order valence-corrected chi connectivity index (χ4v) is 2.28. The van der Waals surface area contributed by atoms with Gasteiger partial charge in [-0.2, -0.15) is 0 Å². The summed E-state index contributed by atoms with van der Waals surface area (Å²) >= 11 is 0. The highest BCUT2D eigenvalue weighted by Gasteiger charge is 2.15. The van der Waals surface area contributed by atoms with Crippen molar-refractivity contribution in [2.45, 2.75) is 46.5 Å². The summed E-state index contributed by atoms with van der Waals surface area (Å²) in [6, 6.07) is 5.81. The van der Waals surface area contributed by atoms with Gasteiger partial charge < -0.3 is 9.15 Å². The summed E-state index contributed by atoms with van der Waals surface area (Å²) in [5.41, 5.74) is 2.14. The molecular weight excluding hydrogens is 252 g/mol. The number of hydrogen-bond donors (Lipinski definition) is 0. The van der Waals surface area contributed by atoms with Crippen LogP contribution in [0.4, 0.5) is 0 Å². The highest BCUT2D eigenvalue weighted by Crippen LogP contribution is 2.29. The van der Waals surface area contributed by atoms with E-state index in [0.29, 0.717) is 24.2 Å². The van der Waals surface area contributed by atoms with Crippen LogP contribution in [0.3, 0.4) is 0 Å². The zero-order valence-electron chi connectivity index (χ0n) is 12.5. The van der Waals surface area contributed by atoms with Crippen molar-refractivity contribution in [1.82, 2.24) is 0 Å². The standard InChI is InChI=1S/C17H22O3/c1-4-6-10-19-16-13(7-5-2)17(18)20-15-9-8-12(3)11-14(15)16/h8-9,11H,4-7,10H2,1-3H3. The minimum atomic E-state index is -0.269. The maximum absolute atomic E-state index is 12.1. The van der Waals surface area contributed by atoms with Crippen molar-refractivity contribution in [2.24, 2.45) is 0 Å². The minimum absolute atomic E-state index is 0.269. The van der Waals surface area contributed by atoms with E-state index in [4.69, 9.17) is 9.15 Å². The molecule has 0 saturated heterocycles. The van der Waals surface area contributed by atoms with E-state index in [-0.39, 0.29) is 5.63 Å². The second-order valence-electron chi connectivity index (χ2n) is 5.15. The van der Waals surface area contributed by atoms with Crippen molar-refractivity contribution in [2.75, 3.05) is 6.61 Å². The van der Waals surface area contributed by atoms with Crippen molar-refractivity contribution in [3.8, 4) is 5.75 Å². The van der Waals surface area contributed by atoms with E-state index in [1.165, 1.54) is 0 Å². The Hall–Kier alpha value is -1.77. The van der Waals surface area contributed by atoms with E-state index in [0.717, 1.165) is 36.0 Å². The van der Waals surface area contributed by atoms with Crippen molar-refractivity contribution in [3.63, 3.8) is 0 Å². The minimum Gasteiger partial charge on any atom is -0.492 e. The van der Waals surface area contributed by atoms with Crippen molar-refractivity contribution in [1.29, 1.82) is 0 Å². The molecular formula is C17H22O3. The Bertz CT molecular complexity index is 640. The van der Waals surface area contributed by atoms with Gasteiger partial charge in [-0.15, -0.1) is 0 Å². The van der Waals surface area contributed by atoms with Crippen LogP contribution in [-0.4, -0.2) is 6.61 Å². The lowest BCUT2D eigenvalue weighted by atomic mass is 10.1. The normalized spacial score (nSPS) is 10.9. The molecule has 2 rings (SSSR count). The molecule has 108 valence electrons. The topological polar surface area (TPSA) is 39.4 Å². The van der Waals surface area contributed by atoms with Gasteiger partial charge in [0.15, 0.2) is 0 Å². The van der Waals surface area contributed by atoms with Gasteiger partial charge in [0, 0.05) is 0 Å². The lowest BCUT2D eigenvalue weighted by Crippen LogP contribution is -2.12. The molecule has 2 aromatic rings. The lowest BCUT2D eigenvalue weighted by Gasteiger charge is -2.13. The molecule has 0 unspecified atom stereocenters. The van der Waals surface area contributed by atoms with E-state index in [9.17, 15) is 4.79 Å². The molecule has 0 aliphatic carbocycles. The quantitative estimate of drug-likeness (QED) is 0.584. The van der Waals surface area contributed by atoms with Crippen LogP contribution in [0.25, 0.3) is 11.0 Å². The fraction of sp³-hybridized carbons (Fsp3) is 0.471. The molecule has 0 aliphatic heterocycles. The molecule has 0 spiro atoms. The van der Waals surface area contributed by atoms with Crippen molar-refractivity contribution < 1.29 is 9.15 Å². The van der Waals surface area contributed by atoms with E-state index >= 15 is 0 Å². The summed E-state index contributed by atoms with van der Waals surface area (Å²) in [7, 11) is 0. The Morgan fingerprint density at radius 2 is 2.00 bits per heavy atom. The van der Waals surface area contributed by atoms with E-state index in [1.807, 2.05) is 25.1 Å². The molecule has 1 heterocycles. The van der Waals surface area contributed by atoms with Crippen LogP contribution in [0, 0.1) is 6.92 Å². The molecule has 20 heavy (non-hydrogen) atoms. The lowest BCUT2D eigenvalue weighted by molar-refractivity contribution is 0.306. The number of hydrogen-bond acceptors (Lipinski definition) is 3. The number of fused-ring (bicyclic) bond motifs is 1. The first-order valence-corrected chi connectivity index (χ1v) is 7.36. The number of rotatable bonds is 6. The maximum atomic E-state index is 12.1. The third kappa shape index (κ3) is 3.03. The summed E-state index contributed by atoms with van der Waals surface area (Å²) < 4.78 is 11.3. The first kappa shape index (κ1) is 14.6. The molecule has 0 saturated carbocycles. The molecule has 0 N–H and O–H groups in total. The molecule has 0 aliphatic rings. The number of benzene rings is 1. The van der Waals surface area contributed by atoms with Crippen molar-refractivity contribution >= 4 is 11.0 Å². The number of aryl methyl sites for hydroxylation is 1. The van der Waals surface area contributed by atoms with Gasteiger partial charge in [0.05, 0.1) is 17.6 Å². The number of unbranched alkanes of at least 4 members (excludes halogenated alkanes) is 1. The average molecular weight is 274 g/mol. The maximum Gasteiger partial charge on any atom is 0.343 e. The zero-order chi connectivity index (χ0) is 14.5. The van der Waals surface area contributed by atoms with E-state index in [1.54, 1.807) is 0 Å². The predicted octanol–water partition coefficient (Wildman–Crippen LogP) is 4.23. The monoisotopic (exact) mass is 274 g/mol. The second kappa shape index (κ2) is 6.60. The van der Waals surface area contributed by atoms with Gasteiger partial charge in [-0.3, -0.25) is 0 Å². The molecule has 0 radical (unpaired) electrons. The summed E-state index contributed by atoms with van der Waals surface area (Å²) in [6.07, 6.45) is 3.64. The highest BCUT2D eigenvalue weighted by atomic mass is 16.5. The van der Waals surface area contributed by atoms with Crippen LogP contribution < -0.4 is 10.4 Å². The molecule has 3 heteroatoms. The summed E-state index contributed by atoms with van der Waals surface area (Å²) in [6.45, 7) is 6.84. The van der Waals surface area contributed by atoms with Crippen LogP contribution in [0.15, 0.2) is 27.4 Å². The molecule has 0 fully saturated rings. The van der Waals surface area contributed by atoms with Crippen LogP contribution in [0.5, 0.6) is 5.75 Å². The Labute approximate surface area is 119 Å². The van der Waals surface area contributed by atoms with Crippen LogP contribution in [0.1, 0.15) is 44.2 Å². The average Bonchev–Trinajstić information content (AvgIpc) is 2.43. The highest BCUT2D eigenvalue weighted by molar-refractivity contribution is 5.85. The molecule has 1 aromatic heterocycles. The molecule has 0 bridgehead atoms. The summed E-state index contributed by atoms with van der Waals surface area (Å²) in [5.74, 6) is 0.718. The van der Waals surface area contributed by atoms with Crippen LogP contribution in [-0.2, 0) is 6.42 Å². The van der Waals surface area contributed by atoms with Gasteiger partial charge in [0.25, 0.3) is 0 Å². The second-order valence-corrected chi connectivity index (χ2v) is 5.15.